The van der Waals surface area contributed by atoms with E-state index >= 15 is 0 Å². The monoisotopic (exact) mass is 363 g/mol. The van der Waals surface area contributed by atoms with Crippen molar-refractivity contribution in [2.45, 2.75) is 26.1 Å². The predicted molar refractivity (Wildman–Crippen MR) is 89.3 cm³/mol. The molecular weight excluding hydrogens is 347 g/mol. The Labute approximate surface area is 147 Å². The van der Waals surface area contributed by atoms with Gasteiger partial charge in [0.1, 0.15) is 5.82 Å². The summed E-state index contributed by atoms with van der Waals surface area (Å²) in [5, 5.41) is 16.9. The normalized spacial score (nSPS) is 12.8. The molecule has 0 spiro atoms. The van der Waals surface area contributed by atoms with Crippen LogP contribution in [0.15, 0.2) is 42.6 Å². The van der Waals surface area contributed by atoms with E-state index in [4.69, 9.17) is 0 Å². The first-order valence-electron chi connectivity index (χ1n) is 7.76. The number of benzene rings is 1. The summed E-state index contributed by atoms with van der Waals surface area (Å²) in [5.74, 6) is 0.448. The molecule has 0 fully saturated rings. The zero-order valence-corrected chi connectivity index (χ0v) is 14.0. The van der Waals surface area contributed by atoms with Crippen LogP contribution in [0.2, 0.25) is 0 Å². The zero-order valence-electron chi connectivity index (χ0n) is 14.0. The largest absolute Gasteiger partial charge is 0.416 e. The van der Waals surface area contributed by atoms with E-state index in [2.05, 4.69) is 20.4 Å². The summed E-state index contributed by atoms with van der Waals surface area (Å²) in [5.41, 5.74) is 0.522. The average molecular weight is 363 g/mol. The number of alkyl halides is 3. The fourth-order valence-corrected chi connectivity index (χ4v) is 2.28. The van der Waals surface area contributed by atoms with Gasteiger partial charge in [-0.15, -0.1) is 0 Å². The standard InChI is InChI=1S/C17H16F3N5O/c1-10-6-7-25(24-10)16-22-14(11(2)26)9-15(23-16)21-13-5-3-4-12(8-13)17(18,19)20/h3-9,11,26H,1-2H3,(H,21,22,23). The zero-order chi connectivity index (χ0) is 18.9. The van der Waals surface area contributed by atoms with Gasteiger partial charge in [0.2, 0.25) is 0 Å². The van der Waals surface area contributed by atoms with Crippen LogP contribution >= 0.6 is 0 Å². The summed E-state index contributed by atoms with van der Waals surface area (Å²) in [6.07, 6.45) is -3.66. The molecule has 1 unspecified atom stereocenters. The summed E-state index contributed by atoms with van der Waals surface area (Å²) in [6.45, 7) is 3.34. The summed E-state index contributed by atoms with van der Waals surface area (Å²) in [4.78, 5) is 8.51. The Morgan fingerprint density at radius 1 is 1.15 bits per heavy atom. The third-order valence-electron chi connectivity index (χ3n) is 3.55. The van der Waals surface area contributed by atoms with Crippen molar-refractivity contribution in [1.29, 1.82) is 0 Å². The summed E-state index contributed by atoms with van der Waals surface area (Å²) in [7, 11) is 0. The lowest BCUT2D eigenvalue weighted by atomic mass is 10.2. The van der Waals surface area contributed by atoms with Crippen molar-refractivity contribution >= 4 is 11.5 Å². The number of aliphatic hydroxyl groups is 1. The molecule has 0 bridgehead atoms. The minimum atomic E-state index is -4.44. The lowest BCUT2D eigenvalue weighted by molar-refractivity contribution is -0.137. The Morgan fingerprint density at radius 2 is 1.92 bits per heavy atom. The van der Waals surface area contributed by atoms with Gasteiger partial charge in [-0.3, -0.25) is 0 Å². The summed E-state index contributed by atoms with van der Waals surface area (Å²) >= 11 is 0. The van der Waals surface area contributed by atoms with Gasteiger partial charge in [-0.25, -0.2) is 9.67 Å². The van der Waals surface area contributed by atoms with Crippen molar-refractivity contribution in [3.63, 3.8) is 0 Å². The van der Waals surface area contributed by atoms with Crippen molar-refractivity contribution in [2.75, 3.05) is 5.32 Å². The second-order valence-corrected chi connectivity index (χ2v) is 5.76. The second-order valence-electron chi connectivity index (χ2n) is 5.76. The van der Waals surface area contributed by atoms with Crippen LogP contribution < -0.4 is 5.32 Å². The van der Waals surface area contributed by atoms with Gasteiger partial charge in [-0.05, 0) is 38.1 Å². The number of rotatable bonds is 4. The van der Waals surface area contributed by atoms with E-state index in [0.717, 1.165) is 17.8 Å². The smallest absolute Gasteiger partial charge is 0.387 e. The highest BCUT2D eigenvalue weighted by Gasteiger charge is 2.30. The van der Waals surface area contributed by atoms with Crippen LogP contribution in [0.4, 0.5) is 24.7 Å². The molecule has 136 valence electrons. The molecule has 0 saturated heterocycles. The molecule has 9 heteroatoms. The molecule has 0 amide bonds. The van der Waals surface area contributed by atoms with E-state index in [-0.39, 0.29) is 17.5 Å². The molecule has 3 aromatic rings. The van der Waals surface area contributed by atoms with Gasteiger partial charge in [-0.2, -0.15) is 23.3 Å². The summed E-state index contributed by atoms with van der Waals surface area (Å²) < 4.78 is 40.0. The van der Waals surface area contributed by atoms with Gasteiger partial charge in [0, 0.05) is 18.0 Å². The fraction of sp³-hybridized carbons (Fsp3) is 0.235. The molecule has 2 N–H and O–H groups in total. The predicted octanol–water partition coefficient (Wildman–Crippen LogP) is 3.79. The molecule has 2 heterocycles. The number of aryl methyl sites for hydroxylation is 1. The SMILES string of the molecule is Cc1ccn(-c2nc(Nc3cccc(C(F)(F)F)c3)cc(C(C)O)n2)n1. The van der Waals surface area contributed by atoms with Crippen LogP contribution in [0, 0.1) is 6.92 Å². The van der Waals surface area contributed by atoms with Gasteiger partial charge < -0.3 is 10.4 Å². The molecule has 0 aliphatic carbocycles. The fourth-order valence-electron chi connectivity index (χ4n) is 2.28. The van der Waals surface area contributed by atoms with Gasteiger partial charge in [0.25, 0.3) is 5.95 Å². The maximum atomic E-state index is 12.9. The first kappa shape index (κ1) is 17.9. The molecule has 26 heavy (non-hydrogen) atoms. The lowest BCUT2D eigenvalue weighted by Gasteiger charge is -2.13. The number of aromatic nitrogens is 4. The summed E-state index contributed by atoms with van der Waals surface area (Å²) in [6, 6.07) is 8.02. The Balaban J connectivity index is 1.98. The molecule has 0 radical (unpaired) electrons. The highest BCUT2D eigenvalue weighted by Crippen LogP contribution is 2.31. The van der Waals surface area contributed by atoms with Crippen molar-refractivity contribution < 1.29 is 18.3 Å². The second kappa shape index (κ2) is 6.75. The van der Waals surface area contributed by atoms with Crippen molar-refractivity contribution in [3.8, 4) is 5.95 Å². The van der Waals surface area contributed by atoms with Crippen LogP contribution in [0.1, 0.15) is 30.0 Å². The first-order chi connectivity index (χ1) is 12.2. The Hall–Kier alpha value is -2.94. The Morgan fingerprint density at radius 3 is 2.54 bits per heavy atom. The van der Waals surface area contributed by atoms with E-state index in [1.165, 1.54) is 29.8 Å². The maximum absolute atomic E-state index is 12.9. The average Bonchev–Trinajstić information content (AvgIpc) is 3.00. The molecule has 0 aliphatic rings. The molecule has 1 atom stereocenters. The first-order valence-corrected chi connectivity index (χ1v) is 7.76. The lowest BCUT2D eigenvalue weighted by Crippen LogP contribution is -2.09. The number of aliphatic hydroxyl groups excluding tert-OH is 1. The van der Waals surface area contributed by atoms with E-state index < -0.39 is 17.8 Å². The highest BCUT2D eigenvalue weighted by atomic mass is 19.4. The number of hydrogen-bond acceptors (Lipinski definition) is 5. The Bertz CT molecular complexity index is 921. The van der Waals surface area contributed by atoms with Crippen molar-refractivity contribution in [1.82, 2.24) is 19.7 Å². The molecule has 0 aliphatic heterocycles. The number of anilines is 2. The van der Waals surface area contributed by atoms with E-state index in [0.29, 0.717) is 5.69 Å². The van der Waals surface area contributed by atoms with Crippen molar-refractivity contribution in [2.24, 2.45) is 0 Å². The third kappa shape index (κ3) is 3.99. The highest BCUT2D eigenvalue weighted by molar-refractivity contribution is 5.58. The molecule has 6 nitrogen and oxygen atoms in total. The van der Waals surface area contributed by atoms with E-state index in [1.807, 2.05) is 0 Å². The number of hydrogen-bond donors (Lipinski definition) is 2. The van der Waals surface area contributed by atoms with Gasteiger partial charge >= 0.3 is 6.18 Å². The van der Waals surface area contributed by atoms with Crippen LogP contribution in [0.5, 0.6) is 0 Å². The van der Waals surface area contributed by atoms with Crippen LogP contribution in [0.3, 0.4) is 0 Å². The molecular formula is C17H16F3N5O. The van der Waals surface area contributed by atoms with Crippen LogP contribution in [-0.4, -0.2) is 24.9 Å². The molecule has 3 rings (SSSR count). The molecule has 1 aromatic carbocycles. The van der Waals surface area contributed by atoms with Crippen LogP contribution in [0.25, 0.3) is 5.95 Å². The topological polar surface area (TPSA) is 75.9 Å². The maximum Gasteiger partial charge on any atom is 0.416 e. The van der Waals surface area contributed by atoms with E-state index in [9.17, 15) is 18.3 Å². The van der Waals surface area contributed by atoms with Gasteiger partial charge in [-0.1, -0.05) is 6.07 Å². The van der Waals surface area contributed by atoms with Crippen molar-refractivity contribution in [3.05, 3.63) is 59.5 Å². The molecule has 0 saturated carbocycles. The Kier molecular flexibility index (Phi) is 4.64. The van der Waals surface area contributed by atoms with Crippen LogP contribution in [-0.2, 0) is 6.18 Å². The quantitative estimate of drug-likeness (QED) is 0.738. The third-order valence-corrected chi connectivity index (χ3v) is 3.55. The number of halogens is 3. The number of nitrogens with zero attached hydrogens (tertiary/aromatic N) is 4. The van der Waals surface area contributed by atoms with Gasteiger partial charge in [0.15, 0.2) is 0 Å². The van der Waals surface area contributed by atoms with E-state index in [1.54, 1.807) is 19.2 Å². The number of nitrogens with one attached hydrogen (secondary N) is 1. The minimum absolute atomic E-state index is 0.200. The molecule has 2 aromatic heterocycles. The van der Waals surface area contributed by atoms with Gasteiger partial charge in [0.05, 0.1) is 23.1 Å². The minimum Gasteiger partial charge on any atom is -0.387 e.